The average Bonchev–Trinajstić information content (AvgIpc) is 2.74. The van der Waals surface area contributed by atoms with Crippen molar-refractivity contribution in [2.45, 2.75) is 4.90 Å². The fourth-order valence-corrected chi connectivity index (χ4v) is 4.42. The zero-order valence-corrected chi connectivity index (χ0v) is 14.2. The van der Waals surface area contributed by atoms with E-state index in [1.54, 1.807) is 0 Å². The SMILES string of the molecule is O=C(NS(=O)(=O)c1c(Cl)cccc1Cl)c1csc(Br)n1. The van der Waals surface area contributed by atoms with Crippen LogP contribution in [0.3, 0.4) is 0 Å². The van der Waals surface area contributed by atoms with Crippen LogP contribution in [-0.4, -0.2) is 19.3 Å². The van der Waals surface area contributed by atoms with Crippen LogP contribution >= 0.6 is 50.5 Å². The standard InChI is InChI=1S/C10H5BrCl2N2O3S2/c11-10-14-7(4-19-10)9(16)15-20(17,18)8-5(12)2-1-3-6(8)13/h1-4H,(H,15,16). The van der Waals surface area contributed by atoms with E-state index in [0.29, 0.717) is 3.92 Å². The molecule has 0 unspecified atom stereocenters. The maximum atomic E-state index is 12.1. The predicted octanol–water partition coefficient (Wildman–Crippen LogP) is 3.33. The van der Waals surface area contributed by atoms with Gasteiger partial charge >= 0.3 is 0 Å². The van der Waals surface area contributed by atoms with Crippen molar-refractivity contribution in [1.82, 2.24) is 9.71 Å². The molecule has 2 aromatic rings. The fourth-order valence-electron chi connectivity index (χ4n) is 1.32. The van der Waals surface area contributed by atoms with Gasteiger partial charge in [0.2, 0.25) is 0 Å². The number of halogens is 3. The summed E-state index contributed by atoms with van der Waals surface area (Å²) >= 11 is 15.9. The number of carbonyl (C=O) groups is 1. The maximum Gasteiger partial charge on any atom is 0.284 e. The second kappa shape index (κ2) is 5.98. The largest absolute Gasteiger partial charge is 0.284 e. The number of aromatic nitrogens is 1. The Hall–Kier alpha value is -0.670. The molecule has 106 valence electrons. The molecule has 2 rings (SSSR count). The molecule has 0 fully saturated rings. The van der Waals surface area contributed by atoms with Crippen molar-refractivity contribution >= 4 is 66.4 Å². The van der Waals surface area contributed by atoms with Crippen LogP contribution in [0.5, 0.6) is 0 Å². The van der Waals surface area contributed by atoms with E-state index in [9.17, 15) is 13.2 Å². The Morgan fingerprint density at radius 1 is 1.30 bits per heavy atom. The van der Waals surface area contributed by atoms with Crippen LogP contribution in [0.15, 0.2) is 32.4 Å². The molecule has 0 saturated carbocycles. The van der Waals surface area contributed by atoms with Crippen molar-refractivity contribution in [3.05, 3.63) is 43.2 Å². The van der Waals surface area contributed by atoms with Gasteiger partial charge in [-0.25, -0.2) is 18.1 Å². The molecule has 0 aliphatic rings. The molecule has 5 nitrogen and oxygen atoms in total. The Morgan fingerprint density at radius 3 is 2.40 bits per heavy atom. The Kier molecular flexibility index (Phi) is 4.70. The van der Waals surface area contributed by atoms with E-state index in [4.69, 9.17) is 23.2 Å². The summed E-state index contributed by atoms with van der Waals surface area (Å²) in [7, 11) is -4.17. The van der Waals surface area contributed by atoms with Gasteiger partial charge in [0.15, 0.2) is 3.92 Å². The van der Waals surface area contributed by atoms with E-state index in [1.165, 1.54) is 23.6 Å². The van der Waals surface area contributed by atoms with E-state index in [0.717, 1.165) is 11.3 Å². The molecule has 1 aromatic heterocycles. The minimum Gasteiger partial charge on any atom is -0.266 e. The number of carbonyl (C=O) groups excluding carboxylic acids is 1. The Bertz CT molecular complexity index is 756. The molecule has 1 aromatic carbocycles. The third kappa shape index (κ3) is 3.32. The average molecular weight is 416 g/mol. The van der Waals surface area contributed by atoms with Crippen molar-refractivity contribution < 1.29 is 13.2 Å². The number of hydrogen-bond donors (Lipinski definition) is 1. The lowest BCUT2D eigenvalue weighted by Gasteiger charge is -2.08. The van der Waals surface area contributed by atoms with Gasteiger partial charge in [0.25, 0.3) is 15.9 Å². The van der Waals surface area contributed by atoms with Crippen LogP contribution in [0, 0.1) is 0 Å². The number of thiazole rings is 1. The van der Waals surface area contributed by atoms with E-state index >= 15 is 0 Å². The monoisotopic (exact) mass is 414 g/mol. The zero-order valence-electron chi connectivity index (χ0n) is 9.43. The van der Waals surface area contributed by atoms with Gasteiger partial charge < -0.3 is 0 Å². The van der Waals surface area contributed by atoms with Crippen LogP contribution in [0.2, 0.25) is 10.0 Å². The summed E-state index contributed by atoms with van der Waals surface area (Å²) in [5.74, 6) is -0.858. The molecule has 0 radical (unpaired) electrons. The van der Waals surface area contributed by atoms with Crippen LogP contribution in [0.4, 0.5) is 0 Å². The third-order valence-corrected chi connectivity index (χ3v) is 5.77. The van der Waals surface area contributed by atoms with Gasteiger partial charge in [-0.2, -0.15) is 0 Å². The molecular formula is C10H5BrCl2N2O3S2. The van der Waals surface area contributed by atoms with Gasteiger partial charge in [-0.05, 0) is 28.1 Å². The van der Waals surface area contributed by atoms with Gasteiger partial charge in [-0.1, -0.05) is 29.3 Å². The molecule has 0 saturated heterocycles. The number of sulfonamides is 1. The quantitative estimate of drug-likeness (QED) is 0.833. The first-order valence-corrected chi connectivity index (χ1v) is 8.84. The fraction of sp³-hybridized carbons (Fsp3) is 0. The summed E-state index contributed by atoms with van der Waals surface area (Å²) in [5.41, 5.74) is -0.0198. The first kappa shape index (κ1) is 15.7. The first-order valence-electron chi connectivity index (χ1n) is 4.93. The molecule has 0 spiro atoms. The Morgan fingerprint density at radius 2 is 1.90 bits per heavy atom. The number of hydrogen-bond acceptors (Lipinski definition) is 5. The number of rotatable bonds is 3. The highest BCUT2D eigenvalue weighted by Crippen LogP contribution is 2.28. The second-order valence-electron chi connectivity index (χ2n) is 3.47. The van der Waals surface area contributed by atoms with Gasteiger partial charge in [-0.15, -0.1) is 11.3 Å². The number of nitrogens with zero attached hydrogens (tertiary/aromatic N) is 1. The molecule has 20 heavy (non-hydrogen) atoms. The molecule has 1 heterocycles. The molecule has 0 aliphatic carbocycles. The summed E-state index contributed by atoms with van der Waals surface area (Å²) < 4.78 is 26.6. The maximum absolute atomic E-state index is 12.1. The molecule has 1 N–H and O–H groups in total. The van der Waals surface area contributed by atoms with E-state index < -0.39 is 15.9 Å². The first-order chi connectivity index (χ1) is 9.31. The zero-order chi connectivity index (χ0) is 14.9. The number of amides is 1. The van der Waals surface area contributed by atoms with E-state index in [1.807, 2.05) is 4.72 Å². The summed E-state index contributed by atoms with van der Waals surface area (Å²) in [5, 5.41) is 1.28. The Labute approximate surface area is 137 Å². The minimum atomic E-state index is -4.17. The molecule has 0 atom stereocenters. The molecular weight excluding hydrogens is 411 g/mol. The predicted molar refractivity (Wildman–Crippen MR) is 80.9 cm³/mol. The smallest absolute Gasteiger partial charge is 0.266 e. The Balaban J connectivity index is 2.35. The van der Waals surface area contributed by atoms with Crippen molar-refractivity contribution in [3.8, 4) is 0 Å². The summed E-state index contributed by atoms with van der Waals surface area (Å²) in [6, 6.07) is 4.24. The van der Waals surface area contributed by atoms with E-state index in [2.05, 4.69) is 20.9 Å². The minimum absolute atomic E-state index is 0.0198. The van der Waals surface area contributed by atoms with Gasteiger partial charge in [0.05, 0.1) is 10.0 Å². The third-order valence-electron chi connectivity index (χ3n) is 2.12. The molecule has 0 aliphatic heterocycles. The highest BCUT2D eigenvalue weighted by molar-refractivity contribution is 9.11. The van der Waals surface area contributed by atoms with E-state index in [-0.39, 0.29) is 20.6 Å². The number of benzene rings is 1. The van der Waals surface area contributed by atoms with Gasteiger partial charge in [-0.3, -0.25) is 4.79 Å². The summed E-state index contributed by atoms with van der Waals surface area (Å²) in [6.45, 7) is 0. The topological polar surface area (TPSA) is 76.1 Å². The normalized spacial score (nSPS) is 11.3. The molecule has 10 heteroatoms. The summed E-state index contributed by atoms with van der Waals surface area (Å²) in [4.78, 5) is 15.3. The van der Waals surface area contributed by atoms with Crippen LogP contribution in [0.1, 0.15) is 10.5 Å². The number of nitrogens with one attached hydrogen (secondary N) is 1. The lowest BCUT2D eigenvalue weighted by molar-refractivity contribution is 0.0977. The highest BCUT2D eigenvalue weighted by Gasteiger charge is 2.25. The van der Waals surface area contributed by atoms with Crippen molar-refractivity contribution in [2.24, 2.45) is 0 Å². The lowest BCUT2D eigenvalue weighted by Crippen LogP contribution is -2.31. The second-order valence-corrected chi connectivity index (χ2v) is 8.04. The highest BCUT2D eigenvalue weighted by atomic mass is 79.9. The van der Waals surface area contributed by atoms with Crippen molar-refractivity contribution in [3.63, 3.8) is 0 Å². The lowest BCUT2D eigenvalue weighted by atomic mass is 10.4. The van der Waals surface area contributed by atoms with Gasteiger partial charge in [0, 0.05) is 5.38 Å². The van der Waals surface area contributed by atoms with Crippen LogP contribution < -0.4 is 4.72 Å². The van der Waals surface area contributed by atoms with Crippen molar-refractivity contribution in [2.75, 3.05) is 0 Å². The van der Waals surface area contributed by atoms with Crippen LogP contribution in [0.25, 0.3) is 0 Å². The molecule has 1 amide bonds. The summed E-state index contributed by atoms with van der Waals surface area (Å²) in [6.07, 6.45) is 0. The molecule has 0 bridgehead atoms. The van der Waals surface area contributed by atoms with Crippen LogP contribution in [-0.2, 0) is 10.0 Å². The van der Waals surface area contributed by atoms with Crippen molar-refractivity contribution in [1.29, 1.82) is 0 Å². The van der Waals surface area contributed by atoms with Gasteiger partial charge in [0.1, 0.15) is 10.6 Å².